The topological polar surface area (TPSA) is 102 Å². The summed E-state index contributed by atoms with van der Waals surface area (Å²) in [6.45, 7) is 1.41. The van der Waals surface area contributed by atoms with Gasteiger partial charge in [0.15, 0.2) is 0 Å². The molecular formula is C22H20F3N5O3. The molecule has 8 nitrogen and oxygen atoms in total. The number of urea groups is 1. The minimum atomic E-state index is -4.60. The van der Waals surface area contributed by atoms with E-state index in [9.17, 15) is 22.8 Å². The molecule has 0 saturated carbocycles. The number of primary amides is 1. The third kappa shape index (κ3) is 4.76. The van der Waals surface area contributed by atoms with Gasteiger partial charge < -0.3 is 25.3 Å². The van der Waals surface area contributed by atoms with E-state index >= 15 is 0 Å². The van der Waals surface area contributed by atoms with Gasteiger partial charge in [0.2, 0.25) is 0 Å². The predicted molar refractivity (Wildman–Crippen MR) is 113 cm³/mol. The number of carbonyl (C=O) groups is 2. The minimum absolute atomic E-state index is 0.0368. The molecule has 0 bridgehead atoms. The molecule has 2 aromatic carbocycles. The van der Waals surface area contributed by atoms with Crippen LogP contribution in [0.2, 0.25) is 0 Å². The van der Waals surface area contributed by atoms with Crippen LogP contribution in [0.1, 0.15) is 11.1 Å². The van der Waals surface area contributed by atoms with Crippen molar-refractivity contribution in [3.05, 3.63) is 60.0 Å². The van der Waals surface area contributed by atoms with Crippen LogP contribution in [0.5, 0.6) is 5.75 Å². The van der Waals surface area contributed by atoms with Crippen molar-refractivity contribution in [3.63, 3.8) is 0 Å². The fourth-order valence-corrected chi connectivity index (χ4v) is 3.69. The second-order valence-electron chi connectivity index (χ2n) is 7.59. The van der Waals surface area contributed by atoms with Gasteiger partial charge >= 0.3 is 18.3 Å². The quantitative estimate of drug-likeness (QED) is 0.607. The number of imidazole rings is 1. The lowest BCUT2D eigenvalue weighted by molar-refractivity contribution is -0.137. The maximum atomic E-state index is 13.4. The molecule has 0 unspecified atom stereocenters. The van der Waals surface area contributed by atoms with E-state index in [2.05, 4.69) is 10.3 Å². The molecule has 1 aliphatic rings. The third-order valence-corrected chi connectivity index (χ3v) is 5.19. The number of hydrogen-bond donors (Lipinski definition) is 2. The number of nitrogens with one attached hydrogen (secondary N) is 1. The highest BCUT2D eigenvalue weighted by Crippen LogP contribution is 2.41. The van der Waals surface area contributed by atoms with Crippen LogP contribution in [-0.4, -0.2) is 39.7 Å². The van der Waals surface area contributed by atoms with Crippen LogP contribution in [0.15, 0.2) is 48.9 Å². The molecule has 2 heterocycles. The molecule has 1 fully saturated rings. The average molecular weight is 459 g/mol. The second-order valence-corrected chi connectivity index (χ2v) is 7.59. The lowest BCUT2D eigenvalue weighted by Gasteiger charge is -2.18. The van der Waals surface area contributed by atoms with Crippen molar-refractivity contribution in [2.24, 2.45) is 12.8 Å². The van der Waals surface area contributed by atoms with Gasteiger partial charge in [0.25, 0.3) is 0 Å². The molecule has 3 N–H and O–H groups in total. The van der Waals surface area contributed by atoms with Crippen molar-refractivity contribution in [1.82, 2.24) is 19.8 Å². The first kappa shape index (κ1) is 22.2. The van der Waals surface area contributed by atoms with E-state index in [0.29, 0.717) is 36.5 Å². The zero-order valence-electron chi connectivity index (χ0n) is 17.5. The molecule has 1 aromatic heterocycles. The molecular weight excluding hydrogens is 439 g/mol. The van der Waals surface area contributed by atoms with Crippen molar-refractivity contribution in [2.45, 2.75) is 12.7 Å². The number of amides is 3. The highest BCUT2D eigenvalue weighted by molar-refractivity contribution is 5.87. The van der Waals surface area contributed by atoms with Gasteiger partial charge in [-0.25, -0.2) is 14.6 Å². The normalized spacial score (nSPS) is 13.8. The van der Waals surface area contributed by atoms with Crippen molar-refractivity contribution in [3.8, 4) is 28.1 Å². The minimum Gasteiger partial charge on any atom is -0.410 e. The summed E-state index contributed by atoms with van der Waals surface area (Å²) in [4.78, 5) is 29.3. The van der Waals surface area contributed by atoms with Crippen molar-refractivity contribution in [1.29, 1.82) is 0 Å². The molecule has 11 heteroatoms. The number of alkyl halides is 3. The van der Waals surface area contributed by atoms with Crippen LogP contribution in [0, 0.1) is 0 Å². The smallest absolute Gasteiger partial charge is 0.410 e. The van der Waals surface area contributed by atoms with Crippen molar-refractivity contribution < 1.29 is 27.5 Å². The fraction of sp³-hybridized carbons (Fsp3) is 0.227. The monoisotopic (exact) mass is 459 g/mol. The predicted octanol–water partition coefficient (Wildman–Crippen LogP) is 3.76. The molecule has 0 radical (unpaired) electrons. The van der Waals surface area contributed by atoms with Gasteiger partial charge in [-0.15, -0.1) is 0 Å². The van der Waals surface area contributed by atoms with Crippen LogP contribution in [0.25, 0.3) is 22.4 Å². The Labute approximate surface area is 186 Å². The lowest BCUT2D eigenvalue weighted by Crippen LogP contribution is -2.27. The summed E-state index contributed by atoms with van der Waals surface area (Å²) in [5, 5.41) is 2.73. The first-order chi connectivity index (χ1) is 15.6. The summed E-state index contributed by atoms with van der Waals surface area (Å²) in [5.41, 5.74) is 6.42. The number of aryl methyl sites for hydroxylation is 1. The van der Waals surface area contributed by atoms with Gasteiger partial charge in [-0.3, -0.25) is 0 Å². The van der Waals surface area contributed by atoms with Crippen LogP contribution in [0.4, 0.5) is 22.8 Å². The van der Waals surface area contributed by atoms with Gasteiger partial charge in [0.05, 0.1) is 17.6 Å². The second kappa shape index (κ2) is 8.49. The first-order valence-electron chi connectivity index (χ1n) is 9.95. The van der Waals surface area contributed by atoms with E-state index in [0.717, 1.165) is 23.8 Å². The summed E-state index contributed by atoms with van der Waals surface area (Å²) < 4.78 is 47.0. The van der Waals surface area contributed by atoms with Crippen LogP contribution >= 0.6 is 0 Å². The fourth-order valence-electron chi connectivity index (χ4n) is 3.69. The summed E-state index contributed by atoms with van der Waals surface area (Å²) in [6, 6.07) is 7.70. The standard InChI is InChI=1S/C22H20F3N5O3/c1-29-11-18(28-12-29)16-8-13(10-30-7-6-27-21(30)32)2-4-15(16)17-9-14(22(23,24)25)3-5-19(17)33-20(26)31/h2-5,8-9,11-12H,6-7,10H2,1H3,(H2,26,31)(H,27,32). The highest BCUT2D eigenvalue weighted by Gasteiger charge is 2.32. The van der Waals surface area contributed by atoms with E-state index in [1.54, 1.807) is 47.2 Å². The molecule has 1 saturated heterocycles. The van der Waals surface area contributed by atoms with E-state index in [1.807, 2.05) is 0 Å². The number of rotatable bonds is 5. The van der Waals surface area contributed by atoms with Gasteiger partial charge in [-0.2, -0.15) is 13.2 Å². The number of nitrogens with two attached hydrogens (primary N) is 1. The lowest BCUT2D eigenvalue weighted by atomic mass is 9.93. The van der Waals surface area contributed by atoms with E-state index in [-0.39, 0.29) is 17.3 Å². The first-order valence-corrected chi connectivity index (χ1v) is 9.95. The molecule has 3 amide bonds. The zero-order chi connectivity index (χ0) is 23.8. The Morgan fingerprint density at radius 2 is 1.97 bits per heavy atom. The van der Waals surface area contributed by atoms with Gasteiger partial charge in [-0.1, -0.05) is 12.1 Å². The average Bonchev–Trinajstić information content (AvgIpc) is 3.35. The van der Waals surface area contributed by atoms with Crippen molar-refractivity contribution in [2.75, 3.05) is 13.1 Å². The van der Waals surface area contributed by atoms with E-state index in [4.69, 9.17) is 10.5 Å². The maximum absolute atomic E-state index is 13.4. The summed E-state index contributed by atoms with van der Waals surface area (Å²) in [6.07, 6.45) is -2.47. The Balaban J connectivity index is 1.87. The van der Waals surface area contributed by atoms with Gasteiger partial charge in [0, 0.05) is 44.0 Å². The Kier molecular flexibility index (Phi) is 5.71. The molecule has 0 aliphatic carbocycles. The number of nitrogens with zero attached hydrogens (tertiary/aromatic N) is 3. The molecule has 1 aliphatic heterocycles. The number of hydrogen-bond acceptors (Lipinski definition) is 4. The maximum Gasteiger partial charge on any atom is 0.416 e. The highest BCUT2D eigenvalue weighted by atomic mass is 19.4. The number of aromatic nitrogens is 2. The third-order valence-electron chi connectivity index (χ3n) is 5.19. The number of benzene rings is 2. The Morgan fingerprint density at radius 3 is 2.58 bits per heavy atom. The number of ether oxygens (including phenoxy) is 1. The van der Waals surface area contributed by atoms with Crippen LogP contribution < -0.4 is 15.8 Å². The largest absolute Gasteiger partial charge is 0.416 e. The van der Waals surface area contributed by atoms with Crippen LogP contribution in [-0.2, 0) is 19.8 Å². The summed E-state index contributed by atoms with van der Waals surface area (Å²) in [5.74, 6) is -0.112. The summed E-state index contributed by atoms with van der Waals surface area (Å²) in [7, 11) is 1.76. The SMILES string of the molecule is Cn1cnc(-c2cc(CN3CCNC3=O)ccc2-c2cc(C(F)(F)F)ccc2OC(N)=O)c1. The van der Waals surface area contributed by atoms with Gasteiger partial charge in [0.1, 0.15) is 5.75 Å². The number of halogens is 3. The number of carbonyl (C=O) groups excluding carboxylic acids is 2. The van der Waals surface area contributed by atoms with Crippen molar-refractivity contribution >= 4 is 12.1 Å². The zero-order valence-corrected chi connectivity index (χ0v) is 17.5. The molecule has 4 rings (SSSR count). The Bertz CT molecular complexity index is 1220. The Hall–Kier alpha value is -4.02. The molecule has 3 aromatic rings. The Morgan fingerprint density at radius 1 is 1.18 bits per heavy atom. The molecule has 0 spiro atoms. The van der Waals surface area contributed by atoms with Crippen LogP contribution in [0.3, 0.4) is 0 Å². The van der Waals surface area contributed by atoms with E-state index in [1.165, 1.54) is 0 Å². The van der Waals surface area contributed by atoms with Gasteiger partial charge in [-0.05, 0) is 35.4 Å². The van der Waals surface area contributed by atoms with E-state index < -0.39 is 17.8 Å². The molecule has 172 valence electrons. The molecule has 0 atom stereocenters. The summed E-state index contributed by atoms with van der Waals surface area (Å²) >= 11 is 0. The molecule has 33 heavy (non-hydrogen) atoms.